The van der Waals surface area contributed by atoms with Crippen LogP contribution in [0.25, 0.3) is 5.69 Å². The zero-order valence-corrected chi connectivity index (χ0v) is 14.7. The third-order valence-corrected chi connectivity index (χ3v) is 4.21. The Kier molecular flexibility index (Phi) is 4.95. The molecule has 25 heavy (non-hydrogen) atoms. The van der Waals surface area contributed by atoms with Gasteiger partial charge in [-0.1, -0.05) is 23.7 Å². The first-order chi connectivity index (χ1) is 12.1. The largest absolute Gasteiger partial charge is 0.318 e. The van der Waals surface area contributed by atoms with Crippen LogP contribution in [0, 0.1) is 13.8 Å². The summed E-state index contributed by atoms with van der Waals surface area (Å²) < 4.78 is 2.11. The minimum Gasteiger partial charge on any atom is -0.318 e. The summed E-state index contributed by atoms with van der Waals surface area (Å²) in [6.45, 7) is 4.03. The van der Waals surface area contributed by atoms with Crippen molar-refractivity contribution in [1.29, 1.82) is 0 Å². The van der Waals surface area contributed by atoms with Crippen molar-refractivity contribution in [2.24, 2.45) is 5.10 Å². The first-order valence-electron chi connectivity index (χ1n) is 7.75. The number of hydrogen-bond acceptors (Lipinski definition) is 3. The molecule has 3 aromatic rings. The highest BCUT2D eigenvalue weighted by atomic mass is 35.5. The Bertz CT molecular complexity index is 932. The zero-order valence-electron chi connectivity index (χ0n) is 13.9. The number of halogens is 1. The van der Waals surface area contributed by atoms with Crippen molar-refractivity contribution in [1.82, 2.24) is 15.0 Å². The number of aryl methyl sites for hydroxylation is 1. The van der Waals surface area contributed by atoms with Crippen molar-refractivity contribution in [3.63, 3.8) is 0 Å². The van der Waals surface area contributed by atoms with E-state index in [0.29, 0.717) is 10.6 Å². The van der Waals surface area contributed by atoms with Gasteiger partial charge < -0.3 is 4.57 Å². The van der Waals surface area contributed by atoms with E-state index < -0.39 is 0 Å². The van der Waals surface area contributed by atoms with Gasteiger partial charge in [-0.2, -0.15) is 5.10 Å². The molecule has 2 heterocycles. The lowest BCUT2D eigenvalue weighted by molar-refractivity contribution is 0.0955. The van der Waals surface area contributed by atoms with Crippen LogP contribution < -0.4 is 5.43 Å². The maximum atomic E-state index is 12.1. The van der Waals surface area contributed by atoms with Gasteiger partial charge in [0, 0.05) is 35.0 Å². The van der Waals surface area contributed by atoms with E-state index in [-0.39, 0.29) is 5.91 Å². The van der Waals surface area contributed by atoms with E-state index >= 15 is 0 Å². The summed E-state index contributed by atoms with van der Waals surface area (Å²) in [5.41, 5.74) is 6.96. The molecule has 0 bridgehead atoms. The van der Waals surface area contributed by atoms with Crippen molar-refractivity contribution < 1.29 is 4.79 Å². The summed E-state index contributed by atoms with van der Waals surface area (Å²) in [5, 5.41) is 4.45. The number of hydrogen-bond donors (Lipinski definition) is 1. The summed E-state index contributed by atoms with van der Waals surface area (Å²) in [4.78, 5) is 16.2. The van der Waals surface area contributed by atoms with Gasteiger partial charge in [0.1, 0.15) is 0 Å². The molecule has 0 saturated heterocycles. The van der Waals surface area contributed by atoms with Gasteiger partial charge in [0.2, 0.25) is 0 Å². The number of carbonyl (C=O) groups is 1. The molecular weight excluding hydrogens is 336 g/mol. The molecule has 1 N–H and O–H groups in total. The predicted molar refractivity (Wildman–Crippen MR) is 99.6 cm³/mol. The van der Waals surface area contributed by atoms with E-state index in [9.17, 15) is 4.79 Å². The fraction of sp³-hybridized carbons (Fsp3) is 0.105. The van der Waals surface area contributed by atoms with Crippen LogP contribution in [0.1, 0.15) is 27.3 Å². The second-order valence-electron chi connectivity index (χ2n) is 5.55. The number of carbonyl (C=O) groups excluding carboxylic acids is 1. The third kappa shape index (κ3) is 3.61. The Morgan fingerprint density at radius 3 is 2.64 bits per heavy atom. The Morgan fingerprint density at radius 1 is 1.20 bits per heavy atom. The number of nitrogens with zero attached hydrogens (tertiary/aromatic N) is 3. The predicted octanol–water partition coefficient (Wildman–Crippen LogP) is 3.91. The second kappa shape index (κ2) is 7.32. The summed E-state index contributed by atoms with van der Waals surface area (Å²) in [6, 6.07) is 12.8. The van der Waals surface area contributed by atoms with E-state index in [0.717, 1.165) is 22.6 Å². The normalized spacial score (nSPS) is 11.0. The highest BCUT2D eigenvalue weighted by Crippen LogP contribution is 2.19. The molecule has 3 rings (SSSR count). The average molecular weight is 353 g/mol. The number of benzene rings is 1. The van der Waals surface area contributed by atoms with Crippen molar-refractivity contribution in [2.75, 3.05) is 0 Å². The lowest BCUT2D eigenvalue weighted by atomic mass is 10.2. The lowest BCUT2D eigenvalue weighted by Gasteiger charge is -2.08. The van der Waals surface area contributed by atoms with Crippen molar-refractivity contribution in [2.45, 2.75) is 13.8 Å². The van der Waals surface area contributed by atoms with Crippen molar-refractivity contribution in [3.05, 3.63) is 82.4 Å². The zero-order chi connectivity index (χ0) is 17.8. The van der Waals surface area contributed by atoms with E-state index in [4.69, 9.17) is 11.6 Å². The molecular formula is C19H17ClN4O. The summed E-state index contributed by atoms with van der Waals surface area (Å²) in [6.07, 6.45) is 5.15. The van der Waals surface area contributed by atoms with Crippen molar-refractivity contribution in [3.8, 4) is 5.69 Å². The van der Waals surface area contributed by atoms with E-state index in [1.807, 2.05) is 32.0 Å². The van der Waals surface area contributed by atoms with Crippen LogP contribution in [0.2, 0.25) is 5.02 Å². The minimum absolute atomic E-state index is 0.343. The topological polar surface area (TPSA) is 59.3 Å². The van der Waals surface area contributed by atoms with E-state index in [1.165, 1.54) is 0 Å². The molecule has 0 fully saturated rings. The maximum Gasteiger partial charge on any atom is 0.272 e. The molecule has 0 aliphatic heterocycles. The molecule has 0 atom stereocenters. The molecule has 0 aliphatic rings. The third-order valence-electron chi connectivity index (χ3n) is 3.88. The van der Waals surface area contributed by atoms with Crippen molar-refractivity contribution >= 4 is 23.7 Å². The SMILES string of the molecule is Cc1cc(/C=N/NC(=O)c2ccccc2Cl)c(C)n1-c1ccncc1. The minimum atomic E-state index is -0.343. The highest BCUT2D eigenvalue weighted by molar-refractivity contribution is 6.33. The number of aromatic nitrogens is 2. The molecule has 0 spiro atoms. The summed E-state index contributed by atoms with van der Waals surface area (Å²) in [7, 11) is 0. The van der Waals surface area contributed by atoms with Gasteiger partial charge in [-0.15, -0.1) is 0 Å². The molecule has 2 aromatic heterocycles. The molecule has 6 heteroatoms. The second-order valence-corrected chi connectivity index (χ2v) is 5.95. The van der Waals surface area contributed by atoms with Crippen LogP contribution in [-0.2, 0) is 0 Å². The van der Waals surface area contributed by atoms with Gasteiger partial charge in [-0.25, -0.2) is 5.43 Å². The maximum absolute atomic E-state index is 12.1. The van der Waals surface area contributed by atoms with Gasteiger partial charge in [0.05, 0.1) is 16.8 Å². The molecule has 0 unspecified atom stereocenters. The lowest BCUT2D eigenvalue weighted by Crippen LogP contribution is -2.18. The van der Waals surface area contributed by atoms with Gasteiger partial charge in [-0.05, 0) is 44.2 Å². The van der Waals surface area contributed by atoms with Gasteiger partial charge in [0.15, 0.2) is 0 Å². The van der Waals surface area contributed by atoms with Crippen LogP contribution in [0.4, 0.5) is 0 Å². The Labute approximate surface area is 151 Å². The van der Waals surface area contributed by atoms with Gasteiger partial charge in [0.25, 0.3) is 5.91 Å². The van der Waals surface area contributed by atoms with E-state index in [2.05, 4.69) is 20.1 Å². The van der Waals surface area contributed by atoms with Crippen LogP contribution in [-0.4, -0.2) is 21.7 Å². The Balaban J connectivity index is 1.79. The molecule has 0 aliphatic carbocycles. The average Bonchev–Trinajstić information content (AvgIpc) is 2.89. The number of rotatable bonds is 4. The highest BCUT2D eigenvalue weighted by Gasteiger charge is 2.10. The number of hydrazone groups is 1. The smallest absolute Gasteiger partial charge is 0.272 e. The number of pyridine rings is 1. The van der Waals surface area contributed by atoms with Crippen LogP contribution >= 0.6 is 11.6 Å². The fourth-order valence-corrected chi connectivity index (χ4v) is 2.90. The molecule has 126 valence electrons. The first-order valence-corrected chi connectivity index (χ1v) is 8.13. The Morgan fingerprint density at radius 2 is 1.92 bits per heavy atom. The quantitative estimate of drug-likeness (QED) is 0.571. The standard InChI is InChI=1S/C19H17ClN4O/c1-13-11-15(14(2)24(13)16-7-9-21-10-8-16)12-22-23-19(25)17-5-3-4-6-18(17)20/h3-12H,1-2H3,(H,23,25)/b22-12+. The Hall–Kier alpha value is -2.92. The molecule has 0 radical (unpaired) electrons. The first kappa shape index (κ1) is 16.9. The van der Waals surface area contributed by atoms with Crippen LogP contribution in [0.5, 0.6) is 0 Å². The summed E-state index contributed by atoms with van der Waals surface area (Å²) >= 11 is 6.01. The van der Waals surface area contributed by atoms with Gasteiger partial charge in [-0.3, -0.25) is 9.78 Å². The molecule has 1 amide bonds. The van der Waals surface area contributed by atoms with Crippen LogP contribution in [0.3, 0.4) is 0 Å². The van der Waals surface area contributed by atoms with Gasteiger partial charge >= 0.3 is 0 Å². The molecule has 0 saturated carbocycles. The monoisotopic (exact) mass is 352 g/mol. The van der Waals surface area contributed by atoms with E-state index in [1.54, 1.807) is 42.9 Å². The fourth-order valence-electron chi connectivity index (χ4n) is 2.67. The van der Waals surface area contributed by atoms with Crippen LogP contribution in [0.15, 0.2) is 60.0 Å². The molecule has 1 aromatic carbocycles. The molecule has 5 nitrogen and oxygen atoms in total. The summed E-state index contributed by atoms with van der Waals surface area (Å²) in [5.74, 6) is -0.343. The number of nitrogens with one attached hydrogen (secondary N) is 1. The number of amides is 1.